The van der Waals surface area contributed by atoms with Crippen molar-refractivity contribution in [2.24, 2.45) is 0 Å². The van der Waals surface area contributed by atoms with Gasteiger partial charge in [0.2, 0.25) is 0 Å². The summed E-state index contributed by atoms with van der Waals surface area (Å²) in [5.74, 6) is 1.18. The third-order valence-electron chi connectivity index (χ3n) is 5.19. The van der Waals surface area contributed by atoms with Gasteiger partial charge >= 0.3 is 0 Å². The molecule has 1 heterocycles. The molecule has 0 bridgehead atoms. The van der Waals surface area contributed by atoms with Crippen molar-refractivity contribution in [1.29, 1.82) is 0 Å². The standard InChI is InChI=1S/C24H24N2O4S2/c1-31-23-14-13-21(17-22(23)24(27)26-15-5-6-16-26)32(28,29)25-18-9-11-20(12-10-18)30-19-7-3-2-4-8-19/h2-4,7-14,17,25H,5-6,15-16H2,1H3. The smallest absolute Gasteiger partial charge is 0.261 e. The summed E-state index contributed by atoms with van der Waals surface area (Å²) in [6.45, 7) is 1.42. The maximum absolute atomic E-state index is 13.0. The number of para-hydroxylation sites is 1. The van der Waals surface area contributed by atoms with Gasteiger partial charge in [0.1, 0.15) is 11.5 Å². The minimum Gasteiger partial charge on any atom is -0.457 e. The molecule has 1 saturated heterocycles. The molecule has 0 aromatic heterocycles. The average molecular weight is 469 g/mol. The number of nitrogens with zero attached hydrogens (tertiary/aromatic N) is 1. The van der Waals surface area contributed by atoms with Gasteiger partial charge < -0.3 is 9.64 Å². The summed E-state index contributed by atoms with van der Waals surface area (Å²) in [6.07, 6.45) is 3.83. The molecule has 0 unspecified atom stereocenters. The van der Waals surface area contributed by atoms with E-state index < -0.39 is 10.0 Å². The number of benzene rings is 3. The molecule has 0 saturated carbocycles. The maximum Gasteiger partial charge on any atom is 0.261 e. The molecule has 3 aromatic rings. The fraction of sp³-hybridized carbons (Fsp3) is 0.208. The van der Waals surface area contributed by atoms with Gasteiger partial charge in [-0.25, -0.2) is 8.42 Å². The van der Waals surface area contributed by atoms with Crippen LogP contribution >= 0.6 is 11.8 Å². The van der Waals surface area contributed by atoms with Crippen LogP contribution in [-0.4, -0.2) is 38.6 Å². The highest BCUT2D eigenvalue weighted by atomic mass is 32.2. The van der Waals surface area contributed by atoms with Gasteiger partial charge in [0.25, 0.3) is 15.9 Å². The predicted molar refractivity (Wildman–Crippen MR) is 127 cm³/mol. The summed E-state index contributed by atoms with van der Waals surface area (Å²) in [4.78, 5) is 15.5. The Hall–Kier alpha value is -2.97. The SMILES string of the molecule is CSc1ccc(S(=O)(=O)Nc2ccc(Oc3ccccc3)cc2)cc1C(=O)N1CCCC1. The number of likely N-dealkylation sites (tertiary alicyclic amines) is 1. The van der Waals surface area contributed by atoms with E-state index in [1.54, 1.807) is 35.2 Å². The van der Waals surface area contributed by atoms with Crippen LogP contribution in [0.5, 0.6) is 11.5 Å². The van der Waals surface area contributed by atoms with Crippen LogP contribution in [0, 0.1) is 0 Å². The highest BCUT2D eigenvalue weighted by Crippen LogP contribution is 2.28. The zero-order chi connectivity index (χ0) is 22.6. The van der Waals surface area contributed by atoms with E-state index in [9.17, 15) is 13.2 Å². The van der Waals surface area contributed by atoms with Crippen molar-refractivity contribution >= 4 is 33.4 Å². The molecule has 32 heavy (non-hydrogen) atoms. The lowest BCUT2D eigenvalue weighted by Gasteiger charge is -2.18. The molecule has 1 aliphatic rings. The molecule has 0 radical (unpaired) electrons. The van der Waals surface area contributed by atoms with Crippen LogP contribution in [-0.2, 0) is 10.0 Å². The summed E-state index contributed by atoms with van der Waals surface area (Å²) in [5, 5.41) is 0. The zero-order valence-corrected chi connectivity index (χ0v) is 19.3. The average Bonchev–Trinajstić information content (AvgIpc) is 3.35. The third kappa shape index (κ3) is 5.08. The van der Waals surface area contributed by atoms with E-state index in [0.29, 0.717) is 35.8 Å². The van der Waals surface area contributed by atoms with Gasteiger partial charge in [-0.15, -0.1) is 11.8 Å². The zero-order valence-electron chi connectivity index (χ0n) is 17.7. The normalized spacial score (nSPS) is 13.7. The first-order chi connectivity index (χ1) is 15.5. The number of nitrogens with one attached hydrogen (secondary N) is 1. The molecule has 1 N–H and O–H groups in total. The number of sulfonamides is 1. The Balaban J connectivity index is 1.53. The minimum atomic E-state index is -3.86. The first kappa shape index (κ1) is 22.2. The van der Waals surface area contributed by atoms with Crippen molar-refractivity contribution in [3.05, 3.63) is 78.4 Å². The van der Waals surface area contributed by atoms with Gasteiger partial charge in [0.15, 0.2) is 0 Å². The van der Waals surface area contributed by atoms with Crippen molar-refractivity contribution in [2.45, 2.75) is 22.6 Å². The first-order valence-electron chi connectivity index (χ1n) is 10.3. The molecule has 1 aliphatic heterocycles. The van der Waals surface area contributed by atoms with E-state index in [-0.39, 0.29) is 10.8 Å². The van der Waals surface area contributed by atoms with Crippen LogP contribution in [0.15, 0.2) is 82.6 Å². The molecule has 4 rings (SSSR count). The molecular weight excluding hydrogens is 444 g/mol. The molecular formula is C24H24N2O4S2. The Morgan fingerprint density at radius 1 is 0.938 bits per heavy atom. The van der Waals surface area contributed by atoms with Crippen LogP contribution in [0.2, 0.25) is 0 Å². The van der Waals surface area contributed by atoms with Gasteiger partial charge in [-0.2, -0.15) is 0 Å². The van der Waals surface area contributed by atoms with Crippen LogP contribution in [0.3, 0.4) is 0 Å². The number of hydrogen-bond donors (Lipinski definition) is 1. The van der Waals surface area contributed by atoms with E-state index in [1.165, 1.54) is 23.9 Å². The number of carbonyl (C=O) groups is 1. The number of anilines is 1. The van der Waals surface area contributed by atoms with Gasteiger partial charge in [-0.3, -0.25) is 9.52 Å². The van der Waals surface area contributed by atoms with E-state index in [2.05, 4.69) is 4.72 Å². The summed E-state index contributed by atoms with van der Waals surface area (Å²) in [7, 11) is -3.86. The van der Waals surface area contributed by atoms with Gasteiger partial charge in [-0.1, -0.05) is 18.2 Å². The number of hydrogen-bond acceptors (Lipinski definition) is 5. The second-order valence-electron chi connectivity index (χ2n) is 7.41. The number of carbonyl (C=O) groups excluding carboxylic acids is 1. The molecule has 1 amide bonds. The van der Waals surface area contributed by atoms with Crippen molar-refractivity contribution in [3.63, 3.8) is 0 Å². The van der Waals surface area contributed by atoms with Crippen molar-refractivity contribution in [3.8, 4) is 11.5 Å². The predicted octanol–water partition coefficient (Wildman–Crippen LogP) is 5.24. The van der Waals surface area contributed by atoms with Gasteiger partial charge in [-0.05, 0) is 73.7 Å². The van der Waals surface area contributed by atoms with Gasteiger partial charge in [0.05, 0.1) is 10.5 Å². The van der Waals surface area contributed by atoms with E-state index in [0.717, 1.165) is 17.7 Å². The topological polar surface area (TPSA) is 75.7 Å². The minimum absolute atomic E-state index is 0.0578. The number of rotatable bonds is 7. The summed E-state index contributed by atoms with van der Waals surface area (Å²) >= 11 is 1.43. The lowest BCUT2D eigenvalue weighted by Crippen LogP contribution is -2.28. The summed E-state index contributed by atoms with van der Waals surface area (Å²) in [5.41, 5.74) is 0.834. The summed E-state index contributed by atoms with van der Waals surface area (Å²) in [6, 6.07) is 20.7. The fourth-order valence-corrected chi connectivity index (χ4v) is 5.20. The Morgan fingerprint density at radius 2 is 1.59 bits per heavy atom. The molecule has 6 nitrogen and oxygen atoms in total. The highest BCUT2D eigenvalue weighted by Gasteiger charge is 2.24. The quantitative estimate of drug-likeness (QED) is 0.480. The first-order valence-corrected chi connectivity index (χ1v) is 13.0. The van der Waals surface area contributed by atoms with E-state index in [1.807, 2.05) is 36.6 Å². The Morgan fingerprint density at radius 3 is 2.25 bits per heavy atom. The van der Waals surface area contributed by atoms with Crippen LogP contribution < -0.4 is 9.46 Å². The molecule has 0 atom stereocenters. The lowest BCUT2D eigenvalue weighted by molar-refractivity contribution is 0.0789. The maximum atomic E-state index is 13.0. The molecule has 0 aliphatic carbocycles. The second kappa shape index (κ2) is 9.67. The molecule has 1 fully saturated rings. The van der Waals surface area contributed by atoms with Crippen molar-refractivity contribution in [2.75, 3.05) is 24.1 Å². The number of amides is 1. The van der Waals surface area contributed by atoms with Gasteiger partial charge in [0, 0.05) is 23.7 Å². The van der Waals surface area contributed by atoms with Crippen LogP contribution in [0.1, 0.15) is 23.2 Å². The Bertz CT molecular complexity index is 1190. The highest BCUT2D eigenvalue weighted by molar-refractivity contribution is 7.98. The molecule has 8 heteroatoms. The fourth-order valence-electron chi connectivity index (χ4n) is 3.54. The van der Waals surface area contributed by atoms with Crippen LogP contribution in [0.25, 0.3) is 0 Å². The van der Waals surface area contributed by atoms with E-state index in [4.69, 9.17) is 4.74 Å². The molecule has 0 spiro atoms. The Kier molecular flexibility index (Phi) is 6.72. The third-order valence-corrected chi connectivity index (χ3v) is 7.37. The van der Waals surface area contributed by atoms with E-state index >= 15 is 0 Å². The number of ether oxygens (including phenoxy) is 1. The monoisotopic (exact) mass is 468 g/mol. The second-order valence-corrected chi connectivity index (χ2v) is 9.94. The summed E-state index contributed by atoms with van der Waals surface area (Å²) < 4.78 is 34.3. The van der Waals surface area contributed by atoms with Crippen molar-refractivity contribution in [1.82, 2.24) is 4.90 Å². The molecule has 166 valence electrons. The number of thioether (sulfide) groups is 1. The lowest BCUT2D eigenvalue weighted by atomic mass is 10.2. The Labute approximate surface area is 192 Å². The van der Waals surface area contributed by atoms with Crippen LogP contribution in [0.4, 0.5) is 5.69 Å². The van der Waals surface area contributed by atoms with Crippen molar-refractivity contribution < 1.29 is 17.9 Å². The molecule has 3 aromatic carbocycles. The largest absolute Gasteiger partial charge is 0.457 e.